The van der Waals surface area contributed by atoms with Crippen molar-refractivity contribution in [1.29, 1.82) is 0 Å². The van der Waals surface area contributed by atoms with Gasteiger partial charge in [0.1, 0.15) is 25.0 Å². The maximum atomic E-state index is 11.7. The lowest BCUT2D eigenvalue weighted by Gasteiger charge is -2.10. The maximum absolute atomic E-state index is 11.7. The molecule has 10 heteroatoms. The highest BCUT2D eigenvalue weighted by atomic mass is 32.2. The summed E-state index contributed by atoms with van der Waals surface area (Å²) in [7, 11) is -5.57. The largest absolute Gasteiger partial charge is 0.523 e. The summed E-state index contributed by atoms with van der Waals surface area (Å²) in [6.07, 6.45) is 5.83. The number of rotatable bonds is 4. The third-order valence-corrected chi connectivity index (χ3v) is 2.49. The monoisotopic (exact) mass is 308 g/mol. The topological polar surface area (TPSA) is 61.8 Å². The Morgan fingerprint density at radius 2 is 1.58 bits per heavy atom. The molecule has 0 unspecified atom stereocenters. The molecule has 0 amide bonds. The normalized spacial score (nSPS) is 15.8. The number of ether oxygens (including phenoxy) is 2. The Labute approximate surface area is 107 Å². The third-order valence-electron chi connectivity index (χ3n) is 1.48. The maximum Gasteiger partial charge on any atom is 0.523 e. The zero-order chi connectivity index (χ0) is 14.9. The fraction of sp³-hybridized carbons (Fsp3) is 0.556. The van der Waals surface area contributed by atoms with E-state index in [2.05, 4.69) is 13.7 Å². The summed E-state index contributed by atoms with van der Waals surface area (Å²) >= 11 is 0. The minimum Gasteiger partial charge on any atom is -0.466 e. The van der Waals surface area contributed by atoms with Crippen molar-refractivity contribution in [2.45, 2.75) is 12.4 Å². The SMILES string of the molecule is C1=COC=CO1.C[C@H](CF)COS(=O)(=O)C(F)(F)F. The Kier molecular flexibility index (Phi) is 7.45. The predicted octanol–water partition coefficient (Wildman–Crippen LogP) is 2.43. The Hall–Kier alpha value is -1.29. The van der Waals surface area contributed by atoms with E-state index in [4.69, 9.17) is 0 Å². The van der Waals surface area contributed by atoms with Crippen LogP contribution in [0.1, 0.15) is 6.92 Å². The molecule has 0 aromatic heterocycles. The van der Waals surface area contributed by atoms with Crippen molar-refractivity contribution in [3.8, 4) is 0 Å². The fourth-order valence-electron chi connectivity index (χ4n) is 0.536. The van der Waals surface area contributed by atoms with Gasteiger partial charge < -0.3 is 9.47 Å². The molecule has 0 spiro atoms. The van der Waals surface area contributed by atoms with Gasteiger partial charge in [-0.1, -0.05) is 6.92 Å². The fourth-order valence-corrected chi connectivity index (χ4v) is 1.08. The molecule has 0 aromatic rings. The molecule has 0 N–H and O–H groups in total. The second-order valence-corrected chi connectivity index (χ2v) is 4.87. The second-order valence-electron chi connectivity index (χ2n) is 3.26. The van der Waals surface area contributed by atoms with E-state index in [1.165, 1.54) is 32.0 Å². The van der Waals surface area contributed by atoms with Gasteiger partial charge in [0, 0.05) is 5.92 Å². The van der Waals surface area contributed by atoms with Gasteiger partial charge in [0.2, 0.25) is 0 Å². The molecule has 0 saturated carbocycles. The van der Waals surface area contributed by atoms with E-state index in [0.717, 1.165) is 0 Å². The molecular weight excluding hydrogens is 296 g/mol. The molecule has 112 valence electrons. The van der Waals surface area contributed by atoms with E-state index in [-0.39, 0.29) is 0 Å². The number of hydrogen-bond donors (Lipinski definition) is 0. The number of alkyl halides is 4. The summed E-state index contributed by atoms with van der Waals surface area (Å²) in [5.74, 6) is -0.878. The number of halogens is 4. The molecule has 1 rings (SSSR count). The first-order valence-corrected chi connectivity index (χ1v) is 6.24. The lowest BCUT2D eigenvalue weighted by atomic mass is 10.2. The first-order valence-electron chi connectivity index (χ1n) is 4.83. The highest BCUT2D eigenvalue weighted by molar-refractivity contribution is 7.87. The summed E-state index contributed by atoms with van der Waals surface area (Å²) in [5.41, 5.74) is -5.44. The Morgan fingerprint density at radius 3 is 1.84 bits per heavy atom. The van der Waals surface area contributed by atoms with Gasteiger partial charge in [0.15, 0.2) is 0 Å². The molecular formula is C9H12F4O5S. The van der Waals surface area contributed by atoms with Crippen LogP contribution in [0.3, 0.4) is 0 Å². The molecule has 5 nitrogen and oxygen atoms in total. The quantitative estimate of drug-likeness (QED) is 0.453. The summed E-state index contributed by atoms with van der Waals surface area (Å²) < 4.78 is 79.6. The van der Waals surface area contributed by atoms with E-state index in [9.17, 15) is 26.0 Å². The van der Waals surface area contributed by atoms with E-state index in [1.807, 2.05) is 0 Å². The van der Waals surface area contributed by atoms with Gasteiger partial charge in [-0.3, -0.25) is 8.57 Å². The van der Waals surface area contributed by atoms with Crippen LogP contribution in [-0.2, 0) is 23.8 Å². The highest BCUT2D eigenvalue weighted by Gasteiger charge is 2.47. The van der Waals surface area contributed by atoms with Crippen molar-refractivity contribution in [3.05, 3.63) is 25.0 Å². The van der Waals surface area contributed by atoms with Crippen LogP contribution in [0, 0.1) is 5.92 Å². The second kappa shape index (κ2) is 8.00. The van der Waals surface area contributed by atoms with E-state index < -0.39 is 34.8 Å². The van der Waals surface area contributed by atoms with Gasteiger partial charge in [-0.15, -0.1) is 0 Å². The van der Waals surface area contributed by atoms with E-state index in [1.54, 1.807) is 0 Å². The smallest absolute Gasteiger partial charge is 0.466 e. The van der Waals surface area contributed by atoms with Crippen molar-refractivity contribution in [2.75, 3.05) is 13.3 Å². The molecule has 1 aliphatic heterocycles. The zero-order valence-corrected chi connectivity index (χ0v) is 10.6. The molecule has 0 saturated heterocycles. The van der Waals surface area contributed by atoms with E-state index in [0.29, 0.717) is 0 Å². The molecule has 0 fully saturated rings. The molecule has 0 aromatic carbocycles. The highest BCUT2D eigenvalue weighted by Crippen LogP contribution is 2.24. The molecule has 1 aliphatic rings. The van der Waals surface area contributed by atoms with Gasteiger partial charge in [0.05, 0.1) is 13.3 Å². The molecule has 1 atom stereocenters. The summed E-state index contributed by atoms with van der Waals surface area (Å²) in [4.78, 5) is 0. The predicted molar refractivity (Wildman–Crippen MR) is 56.5 cm³/mol. The Balaban J connectivity index is 0.000000443. The first-order chi connectivity index (χ1) is 8.70. The molecule has 0 bridgehead atoms. The Bertz CT molecular complexity index is 381. The van der Waals surface area contributed by atoms with Gasteiger partial charge >= 0.3 is 15.6 Å². The average Bonchev–Trinajstić information content (AvgIpc) is 2.37. The van der Waals surface area contributed by atoms with Crippen LogP contribution >= 0.6 is 0 Å². The summed E-state index contributed by atoms with van der Waals surface area (Å²) in [6.45, 7) is -0.516. The van der Waals surface area contributed by atoms with Crippen molar-refractivity contribution in [1.82, 2.24) is 0 Å². The van der Waals surface area contributed by atoms with Crippen molar-refractivity contribution in [3.63, 3.8) is 0 Å². The summed E-state index contributed by atoms with van der Waals surface area (Å²) in [5, 5.41) is 0. The van der Waals surface area contributed by atoms with Crippen LogP contribution in [0.15, 0.2) is 25.0 Å². The molecule has 0 aliphatic carbocycles. The minimum absolute atomic E-state index is 0.807. The molecule has 19 heavy (non-hydrogen) atoms. The Morgan fingerprint density at radius 1 is 1.16 bits per heavy atom. The molecule has 1 heterocycles. The van der Waals surface area contributed by atoms with Crippen LogP contribution < -0.4 is 0 Å². The average molecular weight is 308 g/mol. The van der Waals surface area contributed by atoms with Crippen molar-refractivity contribution >= 4 is 10.1 Å². The standard InChI is InChI=1S/C5H8F4O3S.C4H4O2/c1-4(2-6)3-12-13(10,11)5(7,8)9;1-2-6-4-3-5-1/h4H,2-3H2,1H3;1-4H/t4-;/m1./s1. The van der Waals surface area contributed by atoms with Gasteiger partial charge in [-0.05, 0) is 0 Å². The third kappa shape index (κ3) is 7.67. The number of hydrogen-bond acceptors (Lipinski definition) is 5. The first kappa shape index (κ1) is 17.7. The van der Waals surface area contributed by atoms with Gasteiger partial charge in [-0.2, -0.15) is 21.6 Å². The van der Waals surface area contributed by atoms with Crippen LogP contribution in [0.5, 0.6) is 0 Å². The van der Waals surface area contributed by atoms with Gasteiger partial charge in [0.25, 0.3) is 0 Å². The lowest BCUT2D eigenvalue weighted by molar-refractivity contribution is -0.0550. The van der Waals surface area contributed by atoms with Crippen LogP contribution in [0.25, 0.3) is 0 Å². The van der Waals surface area contributed by atoms with Crippen molar-refractivity contribution in [2.24, 2.45) is 5.92 Å². The molecule has 0 radical (unpaired) electrons. The van der Waals surface area contributed by atoms with Crippen LogP contribution in [0.4, 0.5) is 17.6 Å². The van der Waals surface area contributed by atoms with Crippen LogP contribution in [0.2, 0.25) is 0 Å². The lowest BCUT2D eigenvalue weighted by Crippen LogP contribution is -2.27. The summed E-state index contributed by atoms with van der Waals surface area (Å²) in [6, 6.07) is 0. The van der Waals surface area contributed by atoms with Crippen LogP contribution in [-0.4, -0.2) is 27.2 Å². The van der Waals surface area contributed by atoms with Gasteiger partial charge in [-0.25, -0.2) is 0 Å². The van der Waals surface area contributed by atoms with Crippen molar-refractivity contribution < 1.29 is 39.6 Å². The zero-order valence-electron chi connectivity index (χ0n) is 9.76. The van der Waals surface area contributed by atoms with E-state index >= 15 is 0 Å². The minimum atomic E-state index is -5.57.